The highest BCUT2D eigenvalue weighted by Crippen LogP contribution is 2.36. The molecule has 0 amide bonds. The fraction of sp³-hybridized carbons (Fsp3) is 0.357. The molecule has 1 aliphatic rings. The van der Waals surface area contributed by atoms with E-state index < -0.39 is 0 Å². The first kappa shape index (κ1) is 12.6. The normalized spacial score (nSPS) is 16.1. The van der Waals surface area contributed by atoms with Crippen LogP contribution in [0.3, 0.4) is 0 Å². The number of benzene rings is 1. The first-order chi connectivity index (χ1) is 9.18. The summed E-state index contributed by atoms with van der Waals surface area (Å²) in [5, 5.41) is 4.72. The highest BCUT2D eigenvalue weighted by molar-refractivity contribution is 6.35. The Balaban J connectivity index is 2.25. The number of aromatic nitrogens is 1. The fourth-order valence-corrected chi connectivity index (χ4v) is 2.79. The van der Waals surface area contributed by atoms with Gasteiger partial charge >= 0.3 is 0 Å². The number of aryl methyl sites for hydroxylation is 1. The third-order valence-corrected chi connectivity index (χ3v) is 3.93. The predicted molar refractivity (Wildman–Crippen MR) is 76.5 cm³/mol. The van der Waals surface area contributed by atoms with Crippen molar-refractivity contribution < 1.29 is 4.39 Å². The molecule has 1 N–H and O–H groups in total. The fourth-order valence-electron chi connectivity index (χ4n) is 2.52. The number of hydrogen-bond acceptors (Lipinski definition) is 3. The number of anilines is 1. The average molecular weight is 280 g/mol. The van der Waals surface area contributed by atoms with Crippen LogP contribution in [0.1, 0.15) is 5.69 Å². The lowest BCUT2D eigenvalue weighted by atomic mass is 10.1. The lowest BCUT2D eigenvalue weighted by Gasteiger charge is -2.31. The molecule has 1 aromatic carbocycles. The van der Waals surface area contributed by atoms with E-state index in [9.17, 15) is 4.39 Å². The molecule has 2 aromatic rings. The number of piperazine rings is 1. The van der Waals surface area contributed by atoms with Gasteiger partial charge in [0.05, 0.1) is 16.4 Å². The Morgan fingerprint density at radius 1 is 1.32 bits per heavy atom. The molecule has 3 nitrogen and oxygen atoms in total. The van der Waals surface area contributed by atoms with Crippen LogP contribution in [-0.2, 0) is 0 Å². The quantitative estimate of drug-likeness (QED) is 0.870. The van der Waals surface area contributed by atoms with E-state index in [1.165, 1.54) is 6.07 Å². The molecule has 1 fully saturated rings. The molecule has 5 heteroatoms. The number of nitrogens with zero attached hydrogens (tertiary/aromatic N) is 2. The number of halogens is 2. The van der Waals surface area contributed by atoms with Gasteiger partial charge in [-0.1, -0.05) is 23.7 Å². The van der Waals surface area contributed by atoms with Crippen LogP contribution in [0.2, 0.25) is 5.02 Å². The highest BCUT2D eigenvalue weighted by Gasteiger charge is 2.20. The van der Waals surface area contributed by atoms with Crippen LogP contribution in [0, 0.1) is 12.7 Å². The zero-order valence-corrected chi connectivity index (χ0v) is 11.5. The van der Waals surface area contributed by atoms with Crippen molar-refractivity contribution in [3.8, 4) is 0 Å². The largest absolute Gasteiger partial charge is 0.367 e. The maximum absolute atomic E-state index is 13.9. The van der Waals surface area contributed by atoms with Crippen molar-refractivity contribution in [3.05, 3.63) is 34.7 Å². The van der Waals surface area contributed by atoms with Crippen molar-refractivity contribution in [3.63, 3.8) is 0 Å². The summed E-state index contributed by atoms with van der Waals surface area (Å²) in [4.78, 5) is 6.48. The van der Waals surface area contributed by atoms with Crippen LogP contribution < -0.4 is 10.2 Å². The van der Waals surface area contributed by atoms with Gasteiger partial charge in [-0.25, -0.2) is 9.37 Å². The van der Waals surface area contributed by atoms with Crippen molar-refractivity contribution in [1.82, 2.24) is 10.3 Å². The Labute approximate surface area is 116 Å². The molecule has 0 unspecified atom stereocenters. The van der Waals surface area contributed by atoms with E-state index in [-0.39, 0.29) is 5.82 Å². The number of fused-ring (bicyclic) bond motifs is 1. The van der Waals surface area contributed by atoms with Crippen molar-refractivity contribution >= 4 is 28.2 Å². The van der Waals surface area contributed by atoms with E-state index in [0.717, 1.165) is 37.3 Å². The van der Waals surface area contributed by atoms with E-state index >= 15 is 0 Å². The van der Waals surface area contributed by atoms with Gasteiger partial charge in [0.15, 0.2) is 0 Å². The third kappa shape index (κ3) is 2.15. The molecule has 0 spiro atoms. The molecule has 0 saturated carbocycles. The predicted octanol–water partition coefficient (Wildman–Crippen LogP) is 2.75. The number of pyridine rings is 1. The molecule has 19 heavy (non-hydrogen) atoms. The van der Waals surface area contributed by atoms with E-state index in [4.69, 9.17) is 11.6 Å². The first-order valence-corrected chi connectivity index (χ1v) is 6.76. The lowest BCUT2D eigenvalue weighted by Crippen LogP contribution is -2.43. The molecule has 3 rings (SSSR count). The second-order valence-corrected chi connectivity index (χ2v) is 5.11. The van der Waals surface area contributed by atoms with Gasteiger partial charge in [0.2, 0.25) is 0 Å². The third-order valence-electron chi connectivity index (χ3n) is 3.48. The Morgan fingerprint density at radius 2 is 2.05 bits per heavy atom. The van der Waals surface area contributed by atoms with Gasteiger partial charge in [0.1, 0.15) is 11.3 Å². The van der Waals surface area contributed by atoms with Crippen molar-refractivity contribution in [2.45, 2.75) is 6.92 Å². The monoisotopic (exact) mass is 279 g/mol. The second kappa shape index (κ2) is 4.94. The Bertz CT molecular complexity index is 624. The minimum Gasteiger partial charge on any atom is -0.367 e. The molecule has 0 aliphatic carbocycles. The topological polar surface area (TPSA) is 28.2 Å². The lowest BCUT2D eigenvalue weighted by molar-refractivity contribution is 0.590. The molecule has 0 bridgehead atoms. The minimum atomic E-state index is -0.298. The zero-order valence-electron chi connectivity index (χ0n) is 10.7. The molecule has 1 aliphatic heterocycles. The summed E-state index contributed by atoms with van der Waals surface area (Å²) in [6.07, 6.45) is 0. The molecule has 0 radical (unpaired) electrons. The van der Waals surface area contributed by atoms with E-state index in [1.54, 1.807) is 6.07 Å². The van der Waals surface area contributed by atoms with E-state index in [0.29, 0.717) is 16.2 Å². The number of rotatable bonds is 1. The summed E-state index contributed by atoms with van der Waals surface area (Å²) in [5.74, 6) is -0.298. The van der Waals surface area contributed by atoms with E-state index in [1.807, 2.05) is 13.0 Å². The van der Waals surface area contributed by atoms with Crippen LogP contribution in [0.4, 0.5) is 10.1 Å². The van der Waals surface area contributed by atoms with Gasteiger partial charge in [-0.15, -0.1) is 0 Å². The number of hydrogen-bond donors (Lipinski definition) is 1. The van der Waals surface area contributed by atoms with Crippen LogP contribution in [0.15, 0.2) is 18.2 Å². The van der Waals surface area contributed by atoms with Crippen molar-refractivity contribution in [1.29, 1.82) is 0 Å². The van der Waals surface area contributed by atoms with Gasteiger partial charge in [0, 0.05) is 31.6 Å². The Morgan fingerprint density at radius 3 is 2.79 bits per heavy atom. The molecule has 1 saturated heterocycles. The van der Waals surface area contributed by atoms with Gasteiger partial charge in [-0.2, -0.15) is 0 Å². The van der Waals surface area contributed by atoms with Gasteiger partial charge in [-0.3, -0.25) is 0 Å². The number of nitrogens with one attached hydrogen (secondary N) is 1. The molecule has 0 atom stereocenters. The Hall–Kier alpha value is -1.39. The SMILES string of the molecule is Cc1nc2c(F)cccc2c(N2CCNCC2)c1Cl. The van der Waals surface area contributed by atoms with Crippen molar-refractivity contribution in [2.24, 2.45) is 0 Å². The van der Waals surface area contributed by atoms with E-state index in [2.05, 4.69) is 15.2 Å². The summed E-state index contributed by atoms with van der Waals surface area (Å²) >= 11 is 6.41. The van der Waals surface area contributed by atoms with Gasteiger partial charge in [-0.05, 0) is 13.0 Å². The summed E-state index contributed by atoms with van der Waals surface area (Å²) < 4.78 is 13.9. The summed E-state index contributed by atoms with van der Waals surface area (Å²) in [6, 6.07) is 5.02. The summed E-state index contributed by atoms with van der Waals surface area (Å²) in [6.45, 7) is 5.38. The Kier molecular flexibility index (Phi) is 3.29. The smallest absolute Gasteiger partial charge is 0.149 e. The first-order valence-electron chi connectivity index (χ1n) is 6.38. The van der Waals surface area contributed by atoms with Crippen LogP contribution in [0.25, 0.3) is 10.9 Å². The maximum Gasteiger partial charge on any atom is 0.149 e. The van der Waals surface area contributed by atoms with Crippen LogP contribution in [-0.4, -0.2) is 31.2 Å². The summed E-state index contributed by atoms with van der Waals surface area (Å²) in [7, 11) is 0. The standard InChI is InChI=1S/C14H15ClFN3/c1-9-12(15)14(19-7-5-17-6-8-19)10-3-2-4-11(16)13(10)18-9/h2-4,17H,5-8H2,1H3. The second-order valence-electron chi connectivity index (χ2n) is 4.73. The molecule has 1 aromatic heterocycles. The maximum atomic E-state index is 13.9. The molecule has 100 valence electrons. The van der Waals surface area contributed by atoms with Gasteiger partial charge in [0.25, 0.3) is 0 Å². The molecule has 2 heterocycles. The average Bonchev–Trinajstić information content (AvgIpc) is 2.42. The number of para-hydroxylation sites is 1. The molecular formula is C14H15ClFN3. The van der Waals surface area contributed by atoms with Crippen molar-refractivity contribution in [2.75, 3.05) is 31.1 Å². The van der Waals surface area contributed by atoms with Crippen LogP contribution in [0.5, 0.6) is 0 Å². The zero-order chi connectivity index (χ0) is 13.4. The van der Waals surface area contributed by atoms with Gasteiger partial charge < -0.3 is 10.2 Å². The minimum absolute atomic E-state index is 0.298. The van der Waals surface area contributed by atoms with Crippen LogP contribution >= 0.6 is 11.6 Å². The highest BCUT2D eigenvalue weighted by atomic mass is 35.5. The summed E-state index contributed by atoms with van der Waals surface area (Å²) in [5.41, 5.74) is 1.98. The molecular weight excluding hydrogens is 265 g/mol.